The van der Waals surface area contributed by atoms with Crippen molar-refractivity contribution in [2.45, 2.75) is 32.1 Å². The van der Waals surface area contributed by atoms with Crippen molar-refractivity contribution in [2.75, 3.05) is 5.73 Å². The fourth-order valence-electron chi connectivity index (χ4n) is 5.69. The van der Waals surface area contributed by atoms with Crippen LogP contribution in [-0.4, -0.2) is 0 Å². The van der Waals surface area contributed by atoms with Gasteiger partial charge >= 0.3 is 0 Å². The number of rotatable bonds is 6. The summed E-state index contributed by atoms with van der Waals surface area (Å²) in [6.07, 6.45) is 0.924. The number of thiol groups is 1. The molecule has 1 nitrogen and oxygen atoms in total. The Labute approximate surface area is 255 Å². The highest BCUT2D eigenvalue weighted by Crippen LogP contribution is 2.39. The van der Waals surface area contributed by atoms with E-state index in [9.17, 15) is 0 Å². The normalized spacial score (nSPS) is 11.0. The highest BCUT2D eigenvalue weighted by Gasteiger charge is 2.15. The lowest BCUT2D eigenvalue weighted by molar-refractivity contribution is 1.19. The van der Waals surface area contributed by atoms with Crippen LogP contribution in [0.1, 0.15) is 27.8 Å². The van der Waals surface area contributed by atoms with Crippen molar-refractivity contribution in [2.24, 2.45) is 0 Å². The van der Waals surface area contributed by atoms with Gasteiger partial charge in [-0.1, -0.05) is 127 Å². The second kappa shape index (κ2) is 11.8. The molecule has 0 atom stereocenters. The summed E-state index contributed by atoms with van der Waals surface area (Å²) in [4.78, 5) is 0.861. The van der Waals surface area contributed by atoms with Crippen LogP contribution in [0, 0.1) is 20.8 Å². The summed E-state index contributed by atoms with van der Waals surface area (Å²) >= 11 is 4.77. The van der Waals surface area contributed by atoms with Gasteiger partial charge in [0.2, 0.25) is 0 Å². The summed E-state index contributed by atoms with van der Waals surface area (Å²) in [5.74, 6) is 0. The quantitative estimate of drug-likeness (QED) is 0.153. The van der Waals surface area contributed by atoms with Crippen LogP contribution >= 0.6 is 12.6 Å². The minimum Gasteiger partial charge on any atom is -0.398 e. The molecule has 2 heteroatoms. The average Bonchev–Trinajstić information content (AvgIpc) is 3.04. The van der Waals surface area contributed by atoms with E-state index in [1.165, 1.54) is 55.6 Å². The Morgan fingerprint density at radius 1 is 0.429 bits per heavy atom. The van der Waals surface area contributed by atoms with Crippen LogP contribution in [0.3, 0.4) is 0 Å². The van der Waals surface area contributed by atoms with Gasteiger partial charge in [-0.05, 0) is 94.0 Å². The number of hydrogen-bond acceptors (Lipinski definition) is 2. The van der Waals surface area contributed by atoms with Gasteiger partial charge in [0.15, 0.2) is 0 Å². The van der Waals surface area contributed by atoms with E-state index in [4.69, 9.17) is 18.4 Å². The molecule has 0 saturated carbocycles. The van der Waals surface area contributed by atoms with Gasteiger partial charge in [0.1, 0.15) is 0 Å². The number of anilines is 1. The molecule has 0 spiro atoms. The van der Waals surface area contributed by atoms with E-state index in [1.807, 2.05) is 0 Å². The molecule has 0 aliphatic rings. The van der Waals surface area contributed by atoms with Gasteiger partial charge in [-0.15, -0.1) is 12.6 Å². The van der Waals surface area contributed by atoms with E-state index in [2.05, 4.69) is 148 Å². The lowest BCUT2D eigenvalue weighted by Crippen LogP contribution is -2.00. The molecule has 0 bridgehead atoms. The van der Waals surface area contributed by atoms with Gasteiger partial charge in [0, 0.05) is 16.1 Å². The largest absolute Gasteiger partial charge is 0.398 e. The molecule has 0 aromatic heterocycles. The molecule has 0 fully saturated rings. The van der Waals surface area contributed by atoms with E-state index in [-0.39, 0.29) is 0 Å². The molecule has 6 aromatic carbocycles. The fraction of sp³-hybridized carbons (Fsp3) is 0.100. The lowest BCUT2D eigenvalue weighted by Gasteiger charge is -2.18. The van der Waals surface area contributed by atoms with E-state index < -0.39 is 0 Å². The maximum Gasteiger partial charge on any atom is 0.0488 e. The standard InChI is InChI=1S/C40H35NS/c1-26-27(2)38(40(42)39(41)28(26)3)37-23-21-36(22-24-37)35-19-17-34(18-20-35)33-15-11-30(12-16-33)25-29-9-13-32(14-10-29)31-7-5-4-6-8-31/h4-24,42H,25,41H2,1-3H3. The maximum absolute atomic E-state index is 6.36. The molecule has 0 aliphatic carbocycles. The van der Waals surface area contributed by atoms with Crippen molar-refractivity contribution < 1.29 is 0 Å². The molecule has 206 valence electrons. The molecule has 6 aromatic rings. The first-order valence-corrected chi connectivity index (χ1v) is 14.9. The van der Waals surface area contributed by atoms with Crippen LogP contribution in [-0.2, 0) is 6.42 Å². The van der Waals surface area contributed by atoms with Crippen LogP contribution in [0.2, 0.25) is 0 Å². The Bertz CT molecular complexity index is 1800. The van der Waals surface area contributed by atoms with E-state index in [1.54, 1.807) is 0 Å². The van der Waals surface area contributed by atoms with Crippen molar-refractivity contribution >= 4 is 18.3 Å². The van der Waals surface area contributed by atoms with Crippen molar-refractivity contribution in [3.8, 4) is 44.5 Å². The van der Waals surface area contributed by atoms with Gasteiger partial charge in [-0.25, -0.2) is 0 Å². The van der Waals surface area contributed by atoms with E-state index >= 15 is 0 Å². The first-order chi connectivity index (χ1) is 20.4. The molecule has 42 heavy (non-hydrogen) atoms. The molecule has 0 heterocycles. The number of nitrogens with two attached hydrogens (primary N) is 1. The summed E-state index contributed by atoms with van der Waals surface area (Å²) in [6, 6.07) is 45.9. The first-order valence-electron chi connectivity index (χ1n) is 14.4. The van der Waals surface area contributed by atoms with Gasteiger partial charge in [-0.2, -0.15) is 0 Å². The lowest BCUT2D eigenvalue weighted by atomic mass is 9.91. The van der Waals surface area contributed by atoms with Crippen molar-refractivity contribution in [1.29, 1.82) is 0 Å². The zero-order valence-corrected chi connectivity index (χ0v) is 25.3. The maximum atomic E-state index is 6.36. The minimum atomic E-state index is 0.765. The fourth-order valence-corrected chi connectivity index (χ4v) is 6.16. The van der Waals surface area contributed by atoms with Gasteiger partial charge in [0.25, 0.3) is 0 Å². The molecule has 0 amide bonds. The van der Waals surface area contributed by atoms with Gasteiger partial charge in [0.05, 0.1) is 0 Å². The number of hydrogen-bond donors (Lipinski definition) is 2. The Kier molecular flexibility index (Phi) is 7.73. The minimum absolute atomic E-state index is 0.765. The summed E-state index contributed by atoms with van der Waals surface area (Å²) < 4.78 is 0. The predicted molar refractivity (Wildman–Crippen MR) is 183 cm³/mol. The monoisotopic (exact) mass is 561 g/mol. The Balaban J connectivity index is 1.15. The molecule has 0 radical (unpaired) electrons. The van der Waals surface area contributed by atoms with Crippen LogP contribution in [0.4, 0.5) is 5.69 Å². The number of nitrogen functional groups attached to an aromatic ring is 1. The third kappa shape index (κ3) is 5.51. The third-order valence-electron chi connectivity index (χ3n) is 8.54. The second-order valence-corrected chi connectivity index (χ2v) is 11.6. The molecule has 2 N–H and O–H groups in total. The summed E-state index contributed by atoms with van der Waals surface area (Å²) in [5, 5.41) is 0. The first kappa shape index (κ1) is 27.6. The zero-order chi connectivity index (χ0) is 29.2. The molecule has 0 unspecified atom stereocenters. The Morgan fingerprint density at radius 3 is 1.21 bits per heavy atom. The highest BCUT2D eigenvalue weighted by atomic mass is 32.1. The van der Waals surface area contributed by atoms with E-state index in [0.717, 1.165) is 33.7 Å². The topological polar surface area (TPSA) is 26.0 Å². The van der Waals surface area contributed by atoms with Crippen LogP contribution in [0.5, 0.6) is 0 Å². The van der Waals surface area contributed by atoms with Gasteiger partial charge in [-0.3, -0.25) is 0 Å². The Morgan fingerprint density at radius 2 is 0.786 bits per heavy atom. The zero-order valence-electron chi connectivity index (χ0n) is 24.4. The van der Waals surface area contributed by atoms with Crippen molar-refractivity contribution in [3.63, 3.8) is 0 Å². The molecular formula is C40H35NS. The SMILES string of the molecule is Cc1c(C)c(N)c(S)c(-c2ccc(-c3ccc(-c4ccc(Cc5ccc(-c6ccccc6)cc5)cc4)cc3)cc2)c1C. The van der Waals surface area contributed by atoms with Crippen LogP contribution in [0.25, 0.3) is 44.5 Å². The average molecular weight is 562 g/mol. The molecular weight excluding hydrogens is 527 g/mol. The smallest absolute Gasteiger partial charge is 0.0488 e. The predicted octanol–water partition coefficient (Wildman–Crippen LogP) is 10.7. The third-order valence-corrected chi connectivity index (χ3v) is 9.01. The second-order valence-electron chi connectivity index (χ2n) is 11.1. The molecule has 6 rings (SSSR count). The summed E-state index contributed by atoms with van der Waals surface area (Å²) in [7, 11) is 0. The molecule has 0 saturated heterocycles. The van der Waals surface area contributed by atoms with Crippen LogP contribution < -0.4 is 5.73 Å². The van der Waals surface area contributed by atoms with E-state index in [0.29, 0.717) is 0 Å². The van der Waals surface area contributed by atoms with Gasteiger partial charge < -0.3 is 5.73 Å². The van der Waals surface area contributed by atoms with Crippen molar-refractivity contribution in [1.82, 2.24) is 0 Å². The van der Waals surface area contributed by atoms with Crippen LogP contribution in [0.15, 0.2) is 132 Å². The molecule has 0 aliphatic heterocycles. The number of benzene rings is 6. The summed E-state index contributed by atoms with van der Waals surface area (Å²) in [6.45, 7) is 6.35. The summed E-state index contributed by atoms with van der Waals surface area (Å²) in [5.41, 5.74) is 22.9. The van der Waals surface area contributed by atoms with Crippen molar-refractivity contribution in [3.05, 3.63) is 155 Å². The highest BCUT2D eigenvalue weighted by molar-refractivity contribution is 7.80. The Hall–Kier alpha value is -4.53.